The van der Waals surface area contributed by atoms with E-state index >= 15 is 0 Å². The largest absolute Gasteiger partial charge is 0.480 e. The summed E-state index contributed by atoms with van der Waals surface area (Å²) in [6.07, 6.45) is -0.661. The summed E-state index contributed by atoms with van der Waals surface area (Å²) >= 11 is 0. The molecular weight excluding hydrogens is 240 g/mol. The van der Waals surface area contributed by atoms with Gasteiger partial charge in [-0.3, -0.25) is 0 Å². The summed E-state index contributed by atoms with van der Waals surface area (Å²) in [5.41, 5.74) is 0. The lowest BCUT2D eigenvalue weighted by atomic mass is 10.2. The standard InChI is InChI=1S/C11H18N2O5/c1-7-6-18-3-2-12(7)11(17)13-5-8(14)4-9(13)10(15)16/h7-9,14H,2-6H2,1H3,(H,15,16)/t7?,8-,9+/m1/s1. The van der Waals surface area contributed by atoms with Crippen LogP contribution in [0.15, 0.2) is 0 Å². The van der Waals surface area contributed by atoms with Crippen molar-refractivity contribution in [2.75, 3.05) is 26.3 Å². The Balaban J connectivity index is 2.09. The van der Waals surface area contributed by atoms with E-state index in [1.165, 1.54) is 4.90 Å². The smallest absolute Gasteiger partial charge is 0.326 e. The number of carboxylic acids is 1. The summed E-state index contributed by atoms with van der Waals surface area (Å²) in [7, 11) is 0. The first-order chi connectivity index (χ1) is 8.50. The summed E-state index contributed by atoms with van der Waals surface area (Å²) in [4.78, 5) is 26.2. The van der Waals surface area contributed by atoms with E-state index in [1.54, 1.807) is 4.90 Å². The molecule has 7 nitrogen and oxygen atoms in total. The fraction of sp³-hybridized carbons (Fsp3) is 0.818. The van der Waals surface area contributed by atoms with Gasteiger partial charge in [0, 0.05) is 19.5 Å². The number of ether oxygens (including phenoxy) is 1. The number of carboxylic acid groups (broad SMARTS) is 1. The van der Waals surface area contributed by atoms with Crippen molar-refractivity contribution in [3.05, 3.63) is 0 Å². The van der Waals surface area contributed by atoms with Crippen LogP contribution in [-0.2, 0) is 9.53 Å². The second-order valence-corrected chi connectivity index (χ2v) is 4.80. The minimum Gasteiger partial charge on any atom is -0.480 e. The minimum atomic E-state index is -1.07. The predicted molar refractivity (Wildman–Crippen MR) is 61.1 cm³/mol. The topological polar surface area (TPSA) is 90.3 Å². The van der Waals surface area contributed by atoms with Crippen LogP contribution >= 0.6 is 0 Å². The van der Waals surface area contributed by atoms with Crippen molar-refractivity contribution >= 4 is 12.0 Å². The summed E-state index contributed by atoms with van der Waals surface area (Å²) in [6.45, 7) is 3.32. The molecule has 2 saturated heterocycles. The van der Waals surface area contributed by atoms with E-state index in [9.17, 15) is 14.7 Å². The highest BCUT2D eigenvalue weighted by Gasteiger charge is 2.41. The van der Waals surface area contributed by atoms with E-state index in [-0.39, 0.29) is 25.0 Å². The first-order valence-electron chi connectivity index (χ1n) is 6.06. The van der Waals surface area contributed by atoms with Crippen LogP contribution in [0.3, 0.4) is 0 Å². The highest BCUT2D eigenvalue weighted by Crippen LogP contribution is 2.21. The Labute approximate surface area is 105 Å². The number of β-amino-alcohol motifs (C(OH)–C–C–N with tert-alkyl or cyclic N) is 1. The van der Waals surface area contributed by atoms with Gasteiger partial charge in [0.25, 0.3) is 0 Å². The summed E-state index contributed by atoms with van der Waals surface area (Å²) < 4.78 is 5.24. The monoisotopic (exact) mass is 258 g/mol. The third-order valence-corrected chi connectivity index (χ3v) is 3.42. The lowest BCUT2D eigenvalue weighted by Gasteiger charge is -2.37. The molecular formula is C11H18N2O5. The first-order valence-corrected chi connectivity index (χ1v) is 6.06. The van der Waals surface area contributed by atoms with Gasteiger partial charge in [0.2, 0.25) is 0 Å². The molecule has 0 aliphatic carbocycles. The Bertz CT molecular complexity index is 348. The molecule has 2 rings (SSSR count). The molecule has 2 amide bonds. The summed E-state index contributed by atoms with van der Waals surface area (Å²) in [5.74, 6) is -1.07. The average Bonchev–Trinajstić information content (AvgIpc) is 2.71. The number of hydrogen-bond acceptors (Lipinski definition) is 4. The summed E-state index contributed by atoms with van der Waals surface area (Å²) in [5, 5.41) is 18.6. The van der Waals surface area contributed by atoms with Crippen LogP contribution in [0.2, 0.25) is 0 Å². The molecule has 2 aliphatic rings. The van der Waals surface area contributed by atoms with Gasteiger partial charge < -0.3 is 24.7 Å². The van der Waals surface area contributed by atoms with Gasteiger partial charge in [-0.25, -0.2) is 9.59 Å². The molecule has 102 valence electrons. The Kier molecular flexibility index (Phi) is 3.72. The molecule has 7 heteroatoms. The number of nitrogens with zero attached hydrogens (tertiary/aromatic N) is 2. The number of likely N-dealkylation sites (tertiary alicyclic amines) is 1. The quantitative estimate of drug-likeness (QED) is 0.652. The van der Waals surface area contributed by atoms with Gasteiger partial charge in [0.1, 0.15) is 6.04 Å². The maximum absolute atomic E-state index is 12.3. The van der Waals surface area contributed by atoms with Gasteiger partial charge in [0.15, 0.2) is 0 Å². The fourth-order valence-corrected chi connectivity index (χ4v) is 2.44. The maximum atomic E-state index is 12.3. The van der Waals surface area contributed by atoms with Gasteiger partial charge in [-0.2, -0.15) is 0 Å². The number of carbonyl (C=O) groups is 2. The number of hydrogen-bond donors (Lipinski definition) is 2. The molecule has 3 atom stereocenters. The zero-order chi connectivity index (χ0) is 13.3. The van der Waals surface area contributed by atoms with Crippen molar-refractivity contribution in [2.24, 2.45) is 0 Å². The molecule has 2 heterocycles. The maximum Gasteiger partial charge on any atom is 0.326 e. The number of amides is 2. The molecule has 2 aliphatic heterocycles. The summed E-state index contributed by atoms with van der Waals surface area (Å²) in [6, 6.07) is -1.32. The second-order valence-electron chi connectivity index (χ2n) is 4.80. The fourth-order valence-electron chi connectivity index (χ4n) is 2.44. The van der Waals surface area contributed by atoms with Gasteiger partial charge in [-0.05, 0) is 6.92 Å². The third-order valence-electron chi connectivity index (χ3n) is 3.42. The molecule has 0 aromatic carbocycles. The van der Waals surface area contributed by atoms with Crippen LogP contribution in [0.25, 0.3) is 0 Å². The van der Waals surface area contributed by atoms with Crippen molar-refractivity contribution in [2.45, 2.75) is 31.5 Å². The number of carbonyl (C=O) groups excluding carboxylic acids is 1. The van der Waals surface area contributed by atoms with Crippen LogP contribution in [0.1, 0.15) is 13.3 Å². The van der Waals surface area contributed by atoms with Crippen molar-refractivity contribution in [3.63, 3.8) is 0 Å². The van der Waals surface area contributed by atoms with Crippen molar-refractivity contribution < 1.29 is 24.5 Å². The van der Waals surface area contributed by atoms with E-state index < -0.39 is 18.1 Å². The van der Waals surface area contributed by atoms with Crippen LogP contribution in [0, 0.1) is 0 Å². The average molecular weight is 258 g/mol. The lowest BCUT2D eigenvalue weighted by Crippen LogP contribution is -2.54. The van der Waals surface area contributed by atoms with Crippen molar-refractivity contribution in [1.82, 2.24) is 9.80 Å². The van der Waals surface area contributed by atoms with Gasteiger partial charge in [-0.15, -0.1) is 0 Å². The second kappa shape index (κ2) is 5.11. The van der Waals surface area contributed by atoms with Gasteiger partial charge in [0.05, 0.1) is 25.4 Å². The molecule has 1 unspecified atom stereocenters. The lowest BCUT2D eigenvalue weighted by molar-refractivity contribution is -0.141. The third kappa shape index (κ3) is 2.41. The number of urea groups is 1. The first kappa shape index (κ1) is 13.1. The normalized spacial score (nSPS) is 32.7. The molecule has 2 N–H and O–H groups in total. The van der Waals surface area contributed by atoms with Crippen LogP contribution in [0.4, 0.5) is 4.79 Å². The van der Waals surface area contributed by atoms with E-state index in [4.69, 9.17) is 9.84 Å². The van der Waals surface area contributed by atoms with Crippen molar-refractivity contribution in [3.8, 4) is 0 Å². The SMILES string of the molecule is CC1COCCN1C(=O)N1C[C@H](O)C[C@H]1C(=O)O. The van der Waals surface area contributed by atoms with E-state index in [1.807, 2.05) is 6.92 Å². The number of aliphatic hydroxyl groups is 1. The van der Waals surface area contributed by atoms with Crippen LogP contribution in [-0.4, -0.2) is 76.5 Å². The number of morpholine rings is 1. The van der Waals surface area contributed by atoms with Crippen LogP contribution in [0.5, 0.6) is 0 Å². The van der Waals surface area contributed by atoms with Crippen molar-refractivity contribution in [1.29, 1.82) is 0 Å². The molecule has 0 radical (unpaired) electrons. The minimum absolute atomic E-state index is 0.0709. The molecule has 18 heavy (non-hydrogen) atoms. The molecule has 0 saturated carbocycles. The Morgan fingerprint density at radius 1 is 1.33 bits per heavy atom. The molecule has 0 spiro atoms. The molecule has 0 bridgehead atoms. The highest BCUT2D eigenvalue weighted by atomic mass is 16.5. The van der Waals surface area contributed by atoms with E-state index in [0.717, 1.165) is 0 Å². The Morgan fingerprint density at radius 3 is 2.67 bits per heavy atom. The zero-order valence-corrected chi connectivity index (χ0v) is 10.3. The molecule has 0 aromatic heterocycles. The van der Waals surface area contributed by atoms with Gasteiger partial charge in [-0.1, -0.05) is 0 Å². The molecule has 2 fully saturated rings. The predicted octanol–water partition coefficient (Wildman–Crippen LogP) is -0.653. The van der Waals surface area contributed by atoms with Crippen LogP contribution < -0.4 is 0 Å². The zero-order valence-electron chi connectivity index (χ0n) is 10.3. The van der Waals surface area contributed by atoms with E-state index in [2.05, 4.69) is 0 Å². The Morgan fingerprint density at radius 2 is 2.06 bits per heavy atom. The van der Waals surface area contributed by atoms with E-state index in [0.29, 0.717) is 19.8 Å². The number of rotatable bonds is 1. The Hall–Kier alpha value is -1.34. The highest BCUT2D eigenvalue weighted by molar-refractivity contribution is 5.83. The number of aliphatic hydroxyl groups excluding tert-OH is 1. The molecule has 0 aromatic rings. The number of aliphatic carboxylic acids is 1. The van der Waals surface area contributed by atoms with Gasteiger partial charge >= 0.3 is 12.0 Å².